The lowest BCUT2D eigenvalue weighted by molar-refractivity contribution is 0.0954. The van der Waals surface area contributed by atoms with Gasteiger partial charge in [0.2, 0.25) is 10.0 Å². The molecule has 122 valence electrons. The molecule has 0 aromatic heterocycles. The van der Waals surface area contributed by atoms with E-state index in [0.29, 0.717) is 23.6 Å². The number of sulfonamides is 1. The van der Waals surface area contributed by atoms with Crippen molar-refractivity contribution in [2.24, 2.45) is 5.14 Å². The molecular weight excluding hydrogens is 404 g/mol. The largest absolute Gasteiger partial charge is 0.352 e. The van der Waals surface area contributed by atoms with Crippen LogP contribution < -0.4 is 10.5 Å². The maximum Gasteiger partial charge on any atom is 0.252 e. The molecule has 2 aromatic carbocycles. The standard InChI is InChI=1S/C15H14BrClN2O3S/c16-11-3-6-14(17)13(9-11)15(20)19-8-7-10-1-4-12(5-2-10)23(18,21)22/h1-6,9H,7-8H2,(H,19,20)(H2,18,21,22). The van der Waals surface area contributed by atoms with E-state index in [-0.39, 0.29) is 10.8 Å². The minimum absolute atomic E-state index is 0.0613. The zero-order valence-corrected chi connectivity index (χ0v) is 15.1. The zero-order chi connectivity index (χ0) is 17.0. The summed E-state index contributed by atoms with van der Waals surface area (Å²) in [7, 11) is -3.69. The molecule has 0 heterocycles. The van der Waals surface area contributed by atoms with Crippen molar-refractivity contribution in [3.8, 4) is 0 Å². The molecule has 0 saturated heterocycles. The molecule has 5 nitrogen and oxygen atoms in total. The van der Waals surface area contributed by atoms with Gasteiger partial charge in [0, 0.05) is 11.0 Å². The molecule has 0 aliphatic carbocycles. The minimum Gasteiger partial charge on any atom is -0.352 e. The molecule has 2 rings (SSSR count). The highest BCUT2D eigenvalue weighted by Gasteiger charge is 2.11. The number of nitrogens with two attached hydrogens (primary N) is 1. The van der Waals surface area contributed by atoms with Gasteiger partial charge >= 0.3 is 0 Å². The lowest BCUT2D eigenvalue weighted by Crippen LogP contribution is -2.26. The molecular formula is C15H14BrClN2O3S. The first-order valence-corrected chi connectivity index (χ1v) is 9.34. The Morgan fingerprint density at radius 2 is 1.83 bits per heavy atom. The first-order valence-electron chi connectivity index (χ1n) is 6.62. The maximum absolute atomic E-state index is 12.1. The number of carbonyl (C=O) groups excluding carboxylic acids is 1. The third kappa shape index (κ3) is 5.04. The lowest BCUT2D eigenvalue weighted by atomic mass is 10.1. The van der Waals surface area contributed by atoms with Gasteiger partial charge in [-0.15, -0.1) is 0 Å². The van der Waals surface area contributed by atoms with Crippen LogP contribution in [0.25, 0.3) is 0 Å². The van der Waals surface area contributed by atoms with Crippen LogP contribution >= 0.6 is 27.5 Å². The quantitative estimate of drug-likeness (QED) is 0.784. The Morgan fingerprint density at radius 1 is 1.17 bits per heavy atom. The van der Waals surface area contributed by atoms with E-state index in [1.807, 2.05) is 0 Å². The van der Waals surface area contributed by atoms with Crippen LogP contribution in [0.5, 0.6) is 0 Å². The molecule has 0 unspecified atom stereocenters. The van der Waals surface area contributed by atoms with E-state index >= 15 is 0 Å². The Labute approximate surface area is 148 Å². The average molecular weight is 418 g/mol. The molecule has 23 heavy (non-hydrogen) atoms. The molecule has 0 aliphatic heterocycles. The number of hydrogen-bond acceptors (Lipinski definition) is 3. The molecule has 8 heteroatoms. The van der Waals surface area contributed by atoms with Gasteiger partial charge in [-0.05, 0) is 42.3 Å². The third-order valence-electron chi connectivity index (χ3n) is 3.12. The summed E-state index contributed by atoms with van der Waals surface area (Å²) in [6, 6.07) is 11.3. The van der Waals surface area contributed by atoms with Crippen molar-refractivity contribution in [1.29, 1.82) is 0 Å². The van der Waals surface area contributed by atoms with E-state index in [2.05, 4.69) is 21.2 Å². The number of rotatable bonds is 5. The first kappa shape index (κ1) is 17.9. The van der Waals surface area contributed by atoms with Gasteiger partial charge in [-0.1, -0.05) is 39.7 Å². The average Bonchev–Trinajstić information content (AvgIpc) is 2.49. The van der Waals surface area contributed by atoms with Gasteiger partial charge in [-0.2, -0.15) is 0 Å². The van der Waals surface area contributed by atoms with Crippen LogP contribution in [0.4, 0.5) is 0 Å². The number of halogens is 2. The Kier molecular flexibility index (Phi) is 5.80. The van der Waals surface area contributed by atoms with E-state index in [9.17, 15) is 13.2 Å². The van der Waals surface area contributed by atoms with Crippen LogP contribution in [-0.2, 0) is 16.4 Å². The van der Waals surface area contributed by atoms with Crippen molar-refractivity contribution in [2.75, 3.05) is 6.54 Å². The topological polar surface area (TPSA) is 89.3 Å². The number of benzene rings is 2. The fourth-order valence-corrected chi connectivity index (χ4v) is 3.01. The molecule has 0 atom stereocenters. The van der Waals surface area contributed by atoms with Crippen molar-refractivity contribution in [1.82, 2.24) is 5.32 Å². The predicted octanol–water partition coefficient (Wildman–Crippen LogP) is 2.72. The zero-order valence-electron chi connectivity index (χ0n) is 11.9. The number of amides is 1. The summed E-state index contributed by atoms with van der Waals surface area (Å²) in [5.74, 6) is -0.266. The van der Waals surface area contributed by atoms with Crippen LogP contribution in [0.15, 0.2) is 51.8 Å². The van der Waals surface area contributed by atoms with Gasteiger partial charge < -0.3 is 5.32 Å². The van der Waals surface area contributed by atoms with Crippen LogP contribution in [-0.4, -0.2) is 20.9 Å². The maximum atomic E-state index is 12.1. The molecule has 0 aliphatic rings. The number of carbonyl (C=O) groups is 1. The molecule has 0 saturated carbocycles. The Balaban J connectivity index is 1.94. The summed E-state index contributed by atoms with van der Waals surface area (Å²) in [5, 5.41) is 8.19. The fourth-order valence-electron chi connectivity index (χ4n) is 1.93. The molecule has 3 N–H and O–H groups in total. The van der Waals surface area contributed by atoms with Crippen molar-refractivity contribution in [2.45, 2.75) is 11.3 Å². The number of hydrogen-bond donors (Lipinski definition) is 2. The first-order chi connectivity index (χ1) is 10.8. The van der Waals surface area contributed by atoms with Crippen LogP contribution in [0.3, 0.4) is 0 Å². The second-order valence-corrected chi connectivity index (χ2v) is 7.70. The highest BCUT2D eigenvalue weighted by atomic mass is 79.9. The van der Waals surface area contributed by atoms with Crippen molar-refractivity contribution in [3.63, 3.8) is 0 Å². The lowest BCUT2D eigenvalue weighted by Gasteiger charge is -2.08. The summed E-state index contributed by atoms with van der Waals surface area (Å²) >= 11 is 9.29. The fraction of sp³-hybridized carbons (Fsp3) is 0.133. The summed E-state index contributed by atoms with van der Waals surface area (Å²) in [6.07, 6.45) is 0.558. The molecule has 0 bridgehead atoms. The monoisotopic (exact) mass is 416 g/mol. The summed E-state index contributed by atoms with van der Waals surface area (Å²) < 4.78 is 23.1. The predicted molar refractivity (Wildman–Crippen MR) is 93.0 cm³/mol. The van der Waals surface area contributed by atoms with E-state index in [4.69, 9.17) is 16.7 Å². The molecule has 0 radical (unpaired) electrons. The Hall–Kier alpha value is -1.41. The number of nitrogens with one attached hydrogen (secondary N) is 1. The van der Waals surface area contributed by atoms with Gasteiger partial charge in [0.25, 0.3) is 5.91 Å². The van der Waals surface area contributed by atoms with Crippen LogP contribution in [0.2, 0.25) is 5.02 Å². The summed E-state index contributed by atoms with van der Waals surface area (Å²) in [4.78, 5) is 12.1. The Bertz CT molecular complexity index is 823. The van der Waals surface area contributed by atoms with Crippen LogP contribution in [0.1, 0.15) is 15.9 Å². The van der Waals surface area contributed by atoms with Crippen molar-refractivity contribution in [3.05, 3.63) is 63.1 Å². The second-order valence-electron chi connectivity index (χ2n) is 4.82. The molecule has 0 fully saturated rings. The third-order valence-corrected chi connectivity index (χ3v) is 4.88. The summed E-state index contributed by atoms with van der Waals surface area (Å²) in [5.41, 5.74) is 1.28. The normalized spacial score (nSPS) is 11.3. The molecule has 0 spiro atoms. The summed E-state index contributed by atoms with van der Waals surface area (Å²) in [6.45, 7) is 0.399. The SMILES string of the molecule is NS(=O)(=O)c1ccc(CCNC(=O)c2cc(Br)ccc2Cl)cc1. The van der Waals surface area contributed by atoms with Gasteiger partial charge in [0.15, 0.2) is 0 Å². The highest BCUT2D eigenvalue weighted by Crippen LogP contribution is 2.20. The smallest absolute Gasteiger partial charge is 0.252 e. The van der Waals surface area contributed by atoms with Gasteiger partial charge in [0.1, 0.15) is 0 Å². The van der Waals surface area contributed by atoms with E-state index in [1.165, 1.54) is 12.1 Å². The van der Waals surface area contributed by atoms with E-state index in [1.54, 1.807) is 30.3 Å². The second kappa shape index (κ2) is 7.44. The van der Waals surface area contributed by atoms with E-state index in [0.717, 1.165) is 10.0 Å². The number of primary sulfonamides is 1. The van der Waals surface area contributed by atoms with Gasteiger partial charge in [-0.25, -0.2) is 13.6 Å². The van der Waals surface area contributed by atoms with E-state index < -0.39 is 10.0 Å². The Morgan fingerprint density at radius 3 is 2.43 bits per heavy atom. The van der Waals surface area contributed by atoms with Gasteiger partial charge in [0.05, 0.1) is 15.5 Å². The molecule has 1 amide bonds. The van der Waals surface area contributed by atoms with Crippen molar-refractivity contribution < 1.29 is 13.2 Å². The van der Waals surface area contributed by atoms with Crippen LogP contribution in [0, 0.1) is 0 Å². The molecule has 2 aromatic rings. The minimum atomic E-state index is -3.69. The highest BCUT2D eigenvalue weighted by molar-refractivity contribution is 9.10. The van der Waals surface area contributed by atoms with Crippen molar-refractivity contribution >= 4 is 43.5 Å². The van der Waals surface area contributed by atoms with Gasteiger partial charge in [-0.3, -0.25) is 4.79 Å².